The number of carbonyl (C=O) groups excluding carboxylic acids is 1. The van der Waals surface area contributed by atoms with E-state index in [2.05, 4.69) is 10.3 Å². The predicted octanol–water partition coefficient (Wildman–Crippen LogP) is 2.51. The minimum Gasteiger partial charge on any atom is -0.368 e. The highest BCUT2D eigenvalue weighted by molar-refractivity contribution is 5.85. The Balaban J connectivity index is 2.34. The van der Waals surface area contributed by atoms with Gasteiger partial charge in [0.2, 0.25) is 5.91 Å². The largest absolute Gasteiger partial charge is 0.368 e. The maximum absolute atomic E-state index is 13.7. The quantitative estimate of drug-likeness (QED) is 0.858. The van der Waals surface area contributed by atoms with Crippen LogP contribution in [0.15, 0.2) is 30.5 Å². The van der Waals surface area contributed by atoms with Crippen LogP contribution in [-0.2, 0) is 11.3 Å². The van der Waals surface area contributed by atoms with Crippen molar-refractivity contribution < 1.29 is 9.18 Å². The maximum atomic E-state index is 13.7. The summed E-state index contributed by atoms with van der Waals surface area (Å²) in [6.45, 7) is 4.16. The van der Waals surface area contributed by atoms with E-state index in [9.17, 15) is 9.18 Å². The van der Waals surface area contributed by atoms with Gasteiger partial charge in [-0.1, -0.05) is 19.9 Å². The molecule has 0 aliphatic heterocycles. The van der Waals surface area contributed by atoms with E-state index < -0.39 is 5.54 Å². The summed E-state index contributed by atoms with van der Waals surface area (Å²) in [6, 6.07) is 6.48. The molecule has 0 bridgehead atoms. The summed E-state index contributed by atoms with van der Waals surface area (Å²) in [5.41, 5.74) is 6.19. The second kappa shape index (κ2) is 6.18. The van der Waals surface area contributed by atoms with Crippen molar-refractivity contribution in [3.05, 3.63) is 41.8 Å². The second-order valence-corrected chi connectivity index (χ2v) is 5.15. The molecule has 2 rings (SSSR count). The van der Waals surface area contributed by atoms with E-state index in [1.807, 2.05) is 19.9 Å². The Morgan fingerprint density at radius 1 is 1.38 bits per heavy atom. The van der Waals surface area contributed by atoms with Gasteiger partial charge in [0, 0.05) is 18.1 Å². The van der Waals surface area contributed by atoms with Gasteiger partial charge in [0.25, 0.3) is 0 Å². The molecule has 5 heteroatoms. The van der Waals surface area contributed by atoms with Crippen molar-refractivity contribution in [3.8, 4) is 0 Å². The van der Waals surface area contributed by atoms with Crippen LogP contribution in [0.4, 0.5) is 4.39 Å². The van der Waals surface area contributed by atoms with E-state index in [1.165, 1.54) is 12.1 Å². The molecule has 0 aliphatic rings. The Hall–Kier alpha value is -2.01. The van der Waals surface area contributed by atoms with Crippen molar-refractivity contribution in [2.45, 2.75) is 38.8 Å². The SMILES string of the molecule is CCC(CC)(NCc1cc(F)cc2cccnc12)C(N)=O. The first-order valence-electron chi connectivity index (χ1n) is 7.10. The van der Waals surface area contributed by atoms with Crippen LogP contribution in [0.5, 0.6) is 0 Å². The predicted molar refractivity (Wildman–Crippen MR) is 81.0 cm³/mol. The molecule has 0 atom stereocenters. The number of fused-ring (bicyclic) bond motifs is 1. The lowest BCUT2D eigenvalue weighted by Gasteiger charge is -2.29. The molecule has 1 amide bonds. The van der Waals surface area contributed by atoms with E-state index in [0.29, 0.717) is 19.4 Å². The van der Waals surface area contributed by atoms with Crippen molar-refractivity contribution in [3.63, 3.8) is 0 Å². The summed E-state index contributed by atoms with van der Waals surface area (Å²) in [5.74, 6) is -0.703. The van der Waals surface area contributed by atoms with Crippen molar-refractivity contribution in [2.24, 2.45) is 5.73 Å². The summed E-state index contributed by atoms with van der Waals surface area (Å²) in [4.78, 5) is 16.0. The number of pyridine rings is 1. The van der Waals surface area contributed by atoms with E-state index in [0.717, 1.165) is 16.5 Å². The van der Waals surface area contributed by atoms with Crippen molar-refractivity contribution in [1.82, 2.24) is 10.3 Å². The van der Waals surface area contributed by atoms with E-state index in [4.69, 9.17) is 5.73 Å². The highest BCUT2D eigenvalue weighted by atomic mass is 19.1. The number of carbonyl (C=O) groups is 1. The fraction of sp³-hybridized carbons (Fsp3) is 0.375. The Labute approximate surface area is 123 Å². The van der Waals surface area contributed by atoms with Gasteiger partial charge in [-0.05, 0) is 36.6 Å². The monoisotopic (exact) mass is 289 g/mol. The van der Waals surface area contributed by atoms with Gasteiger partial charge in [0.15, 0.2) is 0 Å². The molecular formula is C16H20FN3O. The van der Waals surface area contributed by atoms with Crippen molar-refractivity contribution >= 4 is 16.8 Å². The molecule has 0 spiro atoms. The second-order valence-electron chi connectivity index (χ2n) is 5.15. The summed E-state index contributed by atoms with van der Waals surface area (Å²) in [6.07, 6.45) is 2.84. The number of amides is 1. The third-order valence-corrected chi connectivity index (χ3v) is 4.04. The van der Waals surface area contributed by atoms with Gasteiger partial charge >= 0.3 is 0 Å². The van der Waals surface area contributed by atoms with Crippen LogP contribution in [0.3, 0.4) is 0 Å². The van der Waals surface area contributed by atoms with Gasteiger partial charge in [-0.2, -0.15) is 0 Å². The number of hydrogen-bond donors (Lipinski definition) is 2. The number of primary amides is 1. The summed E-state index contributed by atoms with van der Waals surface area (Å²) in [7, 11) is 0. The number of halogens is 1. The van der Waals surface area contributed by atoms with E-state index in [-0.39, 0.29) is 11.7 Å². The van der Waals surface area contributed by atoms with Crippen molar-refractivity contribution in [1.29, 1.82) is 0 Å². The van der Waals surface area contributed by atoms with Gasteiger partial charge in [0.05, 0.1) is 11.1 Å². The molecule has 112 valence electrons. The molecule has 0 saturated heterocycles. The zero-order valence-corrected chi connectivity index (χ0v) is 12.3. The third-order valence-electron chi connectivity index (χ3n) is 4.04. The molecule has 4 nitrogen and oxygen atoms in total. The van der Waals surface area contributed by atoms with Gasteiger partial charge in [-0.15, -0.1) is 0 Å². The molecule has 0 fully saturated rings. The van der Waals surface area contributed by atoms with Crippen LogP contribution in [0.2, 0.25) is 0 Å². The highest BCUT2D eigenvalue weighted by Gasteiger charge is 2.32. The van der Waals surface area contributed by atoms with Crippen LogP contribution in [0.1, 0.15) is 32.3 Å². The Kier molecular flexibility index (Phi) is 4.53. The lowest BCUT2D eigenvalue weighted by atomic mass is 9.91. The highest BCUT2D eigenvalue weighted by Crippen LogP contribution is 2.21. The normalized spacial score (nSPS) is 11.8. The first-order chi connectivity index (χ1) is 10.0. The lowest BCUT2D eigenvalue weighted by Crippen LogP contribution is -2.54. The summed E-state index contributed by atoms with van der Waals surface area (Å²) >= 11 is 0. The molecule has 3 N–H and O–H groups in total. The van der Waals surface area contributed by atoms with Gasteiger partial charge in [-0.25, -0.2) is 4.39 Å². The maximum Gasteiger partial charge on any atom is 0.237 e. The summed E-state index contributed by atoms with van der Waals surface area (Å²) in [5, 5.41) is 3.93. The number of rotatable bonds is 6. The Morgan fingerprint density at radius 3 is 2.71 bits per heavy atom. The fourth-order valence-corrected chi connectivity index (χ4v) is 2.56. The molecule has 2 aromatic rings. The lowest BCUT2D eigenvalue weighted by molar-refractivity contribution is -0.124. The van der Waals surface area contributed by atoms with Gasteiger partial charge < -0.3 is 5.73 Å². The zero-order chi connectivity index (χ0) is 15.5. The van der Waals surface area contributed by atoms with E-state index >= 15 is 0 Å². The average Bonchev–Trinajstić information content (AvgIpc) is 2.48. The van der Waals surface area contributed by atoms with Crippen LogP contribution in [-0.4, -0.2) is 16.4 Å². The minimum atomic E-state index is -0.770. The zero-order valence-electron chi connectivity index (χ0n) is 12.3. The molecule has 1 heterocycles. The van der Waals surface area contributed by atoms with Gasteiger partial charge in [-0.3, -0.25) is 15.1 Å². The topological polar surface area (TPSA) is 68.0 Å². The smallest absolute Gasteiger partial charge is 0.237 e. The fourth-order valence-electron chi connectivity index (χ4n) is 2.56. The molecule has 0 radical (unpaired) electrons. The number of nitrogens with two attached hydrogens (primary N) is 1. The number of aromatic nitrogens is 1. The minimum absolute atomic E-state index is 0.315. The van der Waals surface area contributed by atoms with Crippen LogP contribution in [0.25, 0.3) is 10.9 Å². The van der Waals surface area contributed by atoms with Crippen molar-refractivity contribution in [2.75, 3.05) is 0 Å². The molecule has 1 aromatic heterocycles. The molecular weight excluding hydrogens is 269 g/mol. The molecule has 1 aromatic carbocycles. The molecule has 0 unspecified atom stereocenters. The van der Waals surface area contributed by atoms with Crippen LogP contribution in [0, 0.1) is 5.82 Å². The van der Waals surface area contributed by atoms with E-state index in [1.54, 1.807) is 12.3 Å². The summed E-state index contributed by atoms with van der Waals surface area (Å²) < 4.78 is 13.7. The number of hydrogen-bond acceptors (Lipinski definition) is 3. The molecule has 0 aliphatic carbocycles. The Bertz CT molecular complexity index is 653. The first kappa shape index (κ1) is 15.4. The Morgan fingerprint density at radius 2 is 2.10 bits per heavy atom. The van der Waals surface area contributed by atoms with Crippen LogP contribution >= 0.6 is 0 Å². The third kappa shape index (κ3) is 3.03. The van der Waals surface area contributed by atoms with Crippen LogP contribution < -0.4 is 11.1 Å². The number of nitrogens with zero attached hydrogens (tertiary/aromatic N) is 1. The number of nitrogens with one attached hydrogen (secondary N) is 1. The molecule has 0 saturated carbocycles. The molecule has 21 heavy (non-hydrogen) atoms. The standard InChI is InChI=1S/C16H20FN3O/c1-3-16(4-2,15(18)21)20-10-12-9-13(17)8-11-6-5-7-19-14(11)12/h5-9,20H,3-4,10H2,1-2H3,(H2,18,21). The number of benzene rings is 1. The first-order valence-corrected chi connectivity index (χ1v) is 7.10. The average molecular weight is 289 g/mol. The van der Waals surface area contributed by atoms with Gasteiger partial charge in [0.1, 0.15) is 5.82 Å².